The molecule has 1 aliphatic rings. The van der Waals surface area contributed by atoms with Crippen molar-refractivity contribution in [1.29, 1.82) is 0 Å². The van der Waals surface area contributed by atoms with Gasteiger partial charge < -0.3 is 4.74 Å². The van der Waals surface area contributed by atoms with E-state index < -0.39 is 16.1 Å². The summed E-state index contributed by atoms with van der Waals surface area (Å²) in [6, 6.07) is 8.69. The van der Waals surface area contributed by atoms with E-state index in [2.05, 4.69) is 0 Å². The Morgan fingerprint density at radius 3 is 2.37 bits per heavy atom. The molecule has 1 aromatic rings. The molecule has 5 nitrogen and oxygen atoms in total. The molecule has 0 N–H and O–H groups in total. The fourth-order valence-electron chi connectivity index (χ4n) is 1.62. The maximum atomic E-state index is 11.7. The summed E-state index contributed by atoms with van der Waals surface area (Å²) in [7, 11) is -3.45. The number of carbonyl (C=O) groups is 1. The molecule has 0 atom stereocenters. The van der Waals surface area contributed by atoms with Crippen LogP contribution in [0.1, 0.15) is 23.2 Å². The average molecular weight is 284 g/mol. The molecule has 0 amide bonds. The van der Waals surface area contributed by atoms with Crippen LogP contribution in [-0.4, -0.2) is 33.9 Å². The van der Waals surface area contributed by atoms with E-state index in [1.54, 1.807) is 24.3 Å². The van der Waals surface area contributed by atoms with Crippen molar-refractivity contribution in [2.24, 2.45) is 5.41 Å². The predicted molar refractivity (Wildman–Crippen MR) is 69.2 cm³/mol. The highest BCUT2D eigenvalue weighted by molar-refractivity contribution is 7.85. The molecule has 19 heavy (non-hydrogen) atoms. The van der Waals surface area contributed by atoms with Crippen molar-refractivity contribution < 1.29 is 22.1 Å². The van der Waals surface area contributed by atoms with E-state index in [0.29, 0.717) is 5.56 Å². The largest absolute Gasteiger partial charge is 0.461 e. The predicted octanol–water partition coefficient (Wildman–Crippen LogP) is 1.60. The second-order valence-electron chi connectivity index (χ2n) is 4.91. The number of hydrogen-bond acceptors (Lipinski definition) is 5. The molecule has 0 heterocycles. The summed E-state index contributed by atoms with van der Waals surface area (Å²) in [4.78, 5) is 11.7. The molecule has 0 aliphatic heterocycles. The third-order valence-corrected chi connectivity index (χ3v) is 3.60. The van der Waals surface area contributed by atoms with E-state index in [-0.39, 0.29) is 18.6 Å². The molecular weight excluding hydrogens is 268 g/mol. The summed E-state index contributed by atoms with van der Waals surface area (Å²) in [6.45, 7) is 0.268. The van der Waals surface area contributed by atoms with Gasteiger partial charge in [0.15, 0.2) is 0 Å². The Balaban J connectivity index is 1.84. The lowest BCUT2D eigenvalue weighted by Gasteiger charge is -2.14. The molecule has 2 rings (SSSR count). The zero-order valence-corrected chi connectivity index (χ0v) is 11.5. The normalized spacial score (nSPS) is 16.9. The number of benzene rings is 1. The first-order valence-corrected chi connectivity index (χ1v) is 7.79. The molecule has 1 aliphatic carbocycles. The molecule has 0 spiro atoms. The smallest absolute Gasteiger partial charge is 0.338 e. The zero-order chi connectivity index (χ0) is 13.9. The van der Waals surface area contributed by atoms with E-state index >= 15 is 0 Å². The first-order chi connectivity index (χ1) is 8.90. The minimum atomic E-state index is -3.45. The van der Waals surface area contributed by atoms with Gasteiger partial charge in [-0.05, 0) is 25.0 Å². The van der Waals surface area contributed by atoms with E-state index in [9.17, 15) is 13.2 Å². The van der Waals surface area contributed by atoms with Crippen LogP contribution in [0.2, 0.25) is 0 Å². The van der Waals surface area contributed by atoms with Crippen LogP contribution in [0.3, 0.4) is 0 Å². The lowest BCUT2D eigenvalue weighted by Crippen LogP contribution is -2.22. The van der Waals surface area contributed by atoms with Gasteiger partial charge in [0.2, 0.25) is 0 Å². The molecule has 0 bridgehead atoms. The number of rotatable bonds is 6. The molecule has 0 unspecified atom stereocenters. The minimum absolute atomic E-state index is 0.0773. The minimum Gasteiger partial charge on any atom is -0.461 e. The molecule has 1 aromatic carbocycles. The molecule has 6 heteroatoms. The molecule has 1 fully saturated rings. The van der Waals surface area contributed by atoms with Gasteiger partial charge in [0.25, 0.3) is 10.1 Å². The van der Waals surface area contributed by atoms with Crippen LogP contribution in [0.4, 0.5) is 0 Å². The van der Waals surface area contributed by atoms with Gasteiger partial charge >= 0.3 is 5.97 Å². The molecular formula is C13H16O5S. The van der Waals surface area contributed by atoms with Gasteiger partial charge in [-0.25, -0.2) is 4.79 Å². The van der Waals surface area contributed by atoms with Crippen molar-refractivity contribution in [3.63, 3.8) is 0 Å². The van der Waals surface area contributed by atoms with Crippen molar-refractivity contribution in [3.8, 4) is 0 Å². The Hall–Kier alpha value is -1.40. The quantitative estimate of drug-likeness (QED) is 0.586. The molecule has 1 saturated carbocycles. The number of carbonyl (C=O) groups excluding carboxylic acids is 1. The molecule has 0 saturated heterocycles. The van der Waals surface area contributed by atoms with Gasteiger partial charge in [-0.2, -0.15) is 8.42 Å². The van der Waals surface area contributed by atoms with E-state index in [4.69, 9.17) is 8.92 Å². The van der Waals surface area contributed by atoms with Crippen LogP contribution in [0, 0.1) is 5.41 Å². The fraction of sp³-hybridized carbons (Fsp3) is 0.462. The Labute approximate surface area is 112 Å². The summed E-state index contributed by atoms with van der Waals surface area (Å²) in [5.41, 5.74) is 0.162. The average Bonchev–Trinajstić information content (AvgIpc) is 3.15. The highest BCUT2D eigenvalue weighted by Gasteiger charge is 2.45. The number of hydrogen-bond donors (Lipinski definition) is 0. The SMILES string of the molecule is CS(=O)(=O)OCC1(COC(=O)c2ccccc2)CC1. The standard InChI is InChI=1S/C13H16O5S/c1-19(15,16)18-10-13(7-8-13)9-17-12(14)11-5-3-2-4-6-11/h2-6H,7-10H2,1H3. The second-order valence-corrected chi connectivity index (χ2v) is 6.55. The highest BCUT2D eigenvalue weighted by atomic mass is 32.2. The first kappa shape index (κ1) is 14.0. The van der Waals surface area contributed by atoms with Crippen molar-refractivity contribution in [2.45, 2.75) is 12.8 Å². The Morgan fingerprint density at radius 2 is 1.84 bits per heavy atom. The van der Waals surface area contributed by atoms with Crippen LogP contribution in [-0.2, 0) is 19.0 Å². The first-order valence-electron chi connectivity index (χ1n) is 5.97. The molecule has 0 radical (unpaired) electrons. The van der Waals surface area contributed by atoms with Crippen molar-refractivity contribution >= 4 is 16.1 Å². The van der Waals surface area contributed by atoms with Crippen LogP contribution >= 0.6 is 0 Å². The van der Waals surface area contributed by atoms with Crippen LogP contribution in [0.5, 0.6) is 0 Å². The van der Waals surface area contributed by atoms with E-state index in [0.717, 1.165) is 19.1 Å². The van der Waals surface area contributed by atoms with Gasteiger partial charge in [0, 0.05) is 5.41 Å². The van der Waals surface area contributed by atoms with Crippen molar-refractivity contribution in [1.82, 2.24) is 0 Å². The summed E-state index contributed by atoms with van der Waals surface area (Å²) in [5, 5.41) is 0. The second kappa shape index (κ2) is 5.30. The van der Waals surface area contributed by atoms with Crippen LogP contribution in [0.15, 0.2) is 30.3 Å². The van der Waals surface area contributed by atoms with Gasteiger partial charge in [-0.15, -0.1) is 0 Å². The lowest BCUT2D eigenvalue weighted by atomic mass is 10.1. The molecule has 0 aromatic heterocycles. The summed E-state index contributed by atoms with van der Waals surface area (Å²) < 4.78 is 31.9. The maximum absolute atomic E-state index is 11.7. The van der Waals surface area contributed by atoms with Gasteiger partial charge in [0.1, 0.15) is 0 Å². The molecule has 104 valence electrons. The Kier molecular flexibility index (Phi) is 3.91. The summed E-state index contributed by atoms with van der Waals surface area (Å²) in [6.07, 6.45) is 2.63. The maximum Gasteiger partial charge on any atom is 0.338 e. The third-order valence-electron chi connectivity index (χ3n) is 3.06. The zero-order valence-electron chi connectivity index (χ0n) is 10.7. The topological polar surface area (TPSA) is 69.7 Å². The van der Waals surface area contributed by atoms with Gasteiger partial charge in [-0.3, -0.25) is 4.18 Å². The third kappa shape index (κ3) is 4.33. The van der Waals surface area contributed by atoms with E-state index in [1.165, 1.54) is 0 Å². The van der Waals surface area contributed by atoms with Crippen molar-refractivity contribution in [3.05, 3.63) is 35.9 Å². The fourth-order valence-corrected chi connectivity index (χ4v) is 2.08. The number of ether oxygens (including phenoxy) is 1. The van der Waals surface area contributed by atoms with Crippen molar-refractivity contribution in [2.75, 3.05) is 19.5 Å². The lowest BCUT2D eigenvalue weighted by molar-refractivity contribution is 0.0370. The van der Waals surface area contributed by atoms with Crippen LogP contribution < -0.4 is 0 Å². The van der Waals surface area contributed by atoms with Gasteiger partial charge in [0.05, 0.1) is 25.0 Å². The Bertz CT molecular complexity index is 546. The highest BCUT2D eigenvalue weighted by Crippen LogP contribution is 2.46. The van der Waals surface area contributed by atoms with Gasteiger partial charge in [-0.1, -0.05) is 18.2 Å². The summed E-state index contributed by atoms with van der Waals surface area (Å²) in [5.74, 6) is -0.397. The number of esters is 1. The monoisotopic (exact) mass is 284 g/mol. The van der Waals surface area contributed by atoms with E-state index in [1.807, 2.05) is 6.07 Å². The van der Waals surface area contributed by atoms with Crippen LogP contribution in [0.25, 0.3) is 0 Å². The summed E-state index contributed by atoms with van der Waals surface area (Å²) >= 11 is 0. The Morgan fingerprint density at radius 1 is 1.21 bits per heavy atom.